The van der Waals surface area contributed by atoms with Gasteiger partial charge in [-0.2, -0.15) is 0 Å². The second kappa shape index (κ2) is 6.66. The van der Waals surface area contributed by atoms with Gasteiger partial charge < -0.3 is 9.64 Å². The number of carbonyl (C=O) groups is 1. The van der Waals surface area contributed by atoms with E-state index in [0.29, 0.717) is 17.6 Å². The monoisotopic (exact) mass is 340 g/mol. The number of piperidine rings is 1. The van der Waals surface area contributed by atoms with Crippen molar-refractivity contribution in [1.29, 1.82) is 0 Å². The number of ether oxygens (including phenoxy) is 1. The van der Waals surface area contributed by atoms with Crippen LogP contribution in [-0.2, 0) is 4.74 Å². The van der Waals surface area contributed by atoms with Gasteiger partial charge in [0.15, 0.2) is 0 Å². The van der Waals surface area contributed by atoms with Crippen LogP contribution in [0.1, 0.15) is 55.1 Å². The molecule has 134 valence electrons. The highest BCUT2D eigenvalue weighted by molar-refractivity contribution is 6.06. The predicted octanol–water partition coefficient (Wildman–Crippen LogP) is 4.65. The molecule has 4 heteroatoms. The molecule has 1 saturated heterocycles. The van der Waals surface area contributed by atoms with Crippen molar-refractivity contribution in [2.45, 2.75) is 47.5 Å². The first-order valence-corrected chi connectivity index (χ1v) is 9.14. The molecule has 0 radical (unpaired) electrons. The number of aryl methyl sites for hydroxylation is 2. The van der Waals surface area contributed by atoms with Crippen molar-refractivity contribution >= 4 is 22.6 Å². The third-order valence-corrected chi connectivity index (χ3v) is 5.21. The number of fused-ring (bicyclic) bond motifs is 1. The molecular formula is C21H28N2O2. The highest BCUT2D eigenvalue weighted by atomic mass is 16.5. The fraction of sp³-hybridized carbons (Fsp3) is 0.524. The van der Waals surface area contributed by atoms with Gasteiger partial charge in [-0.3, -0.25) is 4.98 Å². The van der Waals surface area contributed by atoms with Crippen molar-refractivity contribution in [3.63, 3.8) is 0 Å². The van der Waals surface area contributed by atoms with E-state index in [4.69, 9.17) is 4.74 Å². The van der Waals surface area contributed by atoms with Gasteiger partial charge >= 0.3 is 5.97 Å². The fourth-order valence-corrected chi connectivity index (χ4v) is 3.68. The predicted molar refractivity (Wildman–Crippen MR) is 102 cm³/mol. The number of anilines is 1. The van der Waals surface area contributed by atoms with Gasteiger partial charge in [-0.25, -0.2) is 4.79 Å². The molecule has 0 bridgehead atoms. The number of hydrogen-bond acceptors (Lipinski definition) is 4. The lowest BCUT2D eigenvalue weighted by Crippen LogP contribution is -2.38. The molecule has 0 atom stereocenters. The lowest BCUT2D eigenvalue weighted by atomic mass is 9.82. The van der Waals surface area contributed by atoms with Crippen molar-refractivity contribution in [3.05, 3.63) is 35.0 Å². The Bertz CT molecular complexity index is 801. The lowest BCUT2D eigenvalue weighted by molar-refractivity contribution is 0.0526. The summed E-state index contributed by atoms with van der Waals surface area (Å²) in [4.78, 5) is 19.5. The average molecular weight is 340 g/mol. The van der Waals surface area contributed by atoms with E-state index in [1.165, 1.54) is 5.56 Å². The number of aromatic nitrogens is 1. The van der Waals surface area contributed by atoms with Crippen molar-refractivity contribution in [2.24, 2.45) is 5.41 Å². The topological polar surface area (TPSA) is 42.4 Å². The zero-order chi connectivity index (χ0) is 18.2. The van der Waals surface area contributed by atoms with E-state index in [2.05, 4.69) is 49.7 Å². The Labute approximate surface area is 150 Å². The molecule has 1 aromatic heterocycles. The lowest BCUT2D eigenvalue weighted by Gasteiger charge is -2.39. The molecule has 1 aliphatic heterocycles. The number of carbonyl (C=O) groups excluding carboxylic acids is 1. The zero-order valence-electron chi connectivity index (χ0n) is 16.0. The molecule has 0 spiro atoms. The van der Waals surface area contributed by atoms with Gasteiger partial charge in [0.2, 0.25) is 0 Å². The Morgan fingerprint density at radius 1 is 1.24 bits per heavy atom. The second-order valence-electron chi connectivity index (χ2n) is 7.87. The average Bonchev–Trinajstić information content (AvgIpc) is 2.54. The molecule has 2 aromatic rings. The Morgan fingerprint density at radius 2 is 1.92 bits per heavy atom. The summed E-state index contributed by atoms with van der Waals surface area (Å²) < 4.78 is 5.30. The first-order chi connectivity index (χ1) is 11.8. The maximum absolute atomic E-state index is 12.6. The third kappa shape index (κ3) is 3.48. The maximum atomic E-state index is 12.6. The van der Waals surface area contributed by atoms with Crippen molar-refractivity contribution in [1.82, 2.24) is 4.98 Å². The van der Waals surface area contributed by atoms with Crippen LogP contribution < -0.4 is 4.90 Å². The number of nitrogens with zero attached hydrogens (tertiary/aromatic N) is 2. The Morgan fingerprint density at radius 3 is 2.56 bits per heavy atom. The summed E-state index contributed by atoms with van der Waals surface area (Å²) >= 11 is 0. The van der Waals surface area contributed by atoms with Gasteiger partial charge in [-0.15, -0.1) is 0 Å². The zero-order valence-corrected chi connectivity index (χ0v) is 16.0. The number of esters is 1. The Kier molecular flexibility index (Phi) is 4.72. The molecular weight excluding hydrogens is 312 g/mol. The first kappa shape index (κ1) is 17.7. The number of pyridine rings is 1. The standard InChI is InChI=1S/C21H28N2O2/c1-6-25-20(24)17-13-22-18-15(3)11-14(2)12-16(18)19(17)23-9-7-21(4,5)8-10-23/h11-13H,6-10H2,1-5H3. The molecule has 3 rings (SSSR count). The van der Waals surface area contributed by atoms with Crippen LogP contribution in [0, 0.1) is 19.3 Å². The van der Waals surface area contributed by atoms with E-state index in [1.54, 1.807) is 6.20 Å². The minimum atomic E-state index is -0.282. The SMILES string of the molecule is CCOC(=O)c1cnc2c(C)cc(C)cc2c1N1CCC(C)(C)CC1. The van der Waals surface area contributed by atoms with Gasteiger partial charge in [0.05, 0.1) is 17.8 Å². The molecule has 1 fully saturated rings. The molecule has 25 heavy (non-hydrogen) atoms. The quantitative estimate of drug-likeness (QED) is 0.763. The van der Waals surface area contributed by atoms with E-state index < -0.39 is 0 Å². The first-order valence-electron chi connectivity index (χ1n) is 9.14. The van der Waals surface area contributed by atoms with Gasteiger partial charge in [-0.1, -0.05) is 25.5 Å². The maximum Gasteiger partial charge on any atom is 0.341 e. The van der Waals surface area contributed by atoms with Crippen LogP contribution >= 0.6 is 0 Å². The van der Waals surface area contributed by atoms with Gasteiger partial charge in [0.1, 0.15) is 5.56 Å². The van der Waals surface area contributed by atoms with E-state index in [-0.39, 0.29) is 5.97 Å². The summed E-state index contributed by atoms with van der Waals surface area (Å²) in [5, 5.41) is 1.06. The van der Waals surface area contributed by atoms with Crippen LogP contribution in [0.25, 0.3) is 10.9 Å². The number of hydrogen-bond donors (Lipinski definition) is 0. The van der Waals surface area contributed by atoms with Crippen LogP contribution in [0.4, 0.5) is 5.69 Å². The summed E-state index contributed by atoms with van der Waals surface area (Å²) in [6.07, 6.45) is 3.92. The second-order valence-corrected chi connectivity index (χ2v) is 7.87. The third-order valence-electron chi connectivity index (χ3n) is 5.21. The van der Waals surface area contributed by atoms with Crippen LogP contribution in [0.15, 0.2) is 18.3 Å². The molecule has 1 aliphatic rings. The highest BCUT2D eigenvalue weighted by Gasteiger charge is 2.29. The molecule has 0 aliphatic carbocycles. The summed E-state index contributed by atoms with van der Waals surface area (Å²) in [6, 6.07) is 4.29. The minimum Gasteiger partial charge on any atom is -0.462 e. The summed E-state index contributed by atoms with van der Waals surface area (Å²) in [6.45, 7) is 12.9. The van der Waals surface area contributed by atoms with E-state index in [1.807, 2.05) is 6.92 Å². The van der Waals surface area contributed by atoms with E-state index in [0.717, 1.165) is 48.1 Å². The van der Waals surface area contributed by atoms with Crippen molar-refractivity contribution < 1.29 is 9.53 Å². The molecule has 0 unspecified atom stereocenters. The molecule has 0 amide bonds. The van der Waals surface area contributed by atoms with Crippen molar-refractivity contribution in [2.75, 3.05) is 24.6 Å². The highest BCUT2D eigenvalue weighted by Crippen LogP contribution is 2.37. The van der Waals surface area contributed by atoms with Crippen LogP contribution in [0.3, 0.4) is 0 Å². The van der Waals surface area contributed by atoms with Gasteiger partial charge in [-0.05, 0) is 50.7 Å². The fourth-order valence-electron chi connectivity index (χ4n) is 3.68. The minimum absolute atomic E-state index is 0.282. The molecule has 1 aromatic carbocycles. The summed E-state index contributed by atoms with van der Waals surface area (Å²) in [5.41, 5.74) is 5.23. The van der Waals surface area contributed by atoms with Gasteiger partial charge in [0, 0.05) is 24.7 Å². The van der Waals surface area contributed by atoms with Crippen LogP contribution in [0.5, 0.6) is 0 Å². The van der Waals surface area contributed by atoms with E-state index >= 15 is 0 Å². The van der Waals surface area contributed by atoms with Gasteiger partial charge in [0.25, 0.3) is 0 Å². The molecule has 0 N–H and O–H groups in total. The molecule has 2 heterocycles. The van der Waals surface area contributed by atoms with Crippen LogP contribution in [0.2, 0.25) is 0 Å². The Balaban J connectivity index is 2.17. The largest absolute Gasteiger partial charge is 0.462 e. The molecule has 0 saturated carbocycles. The Hall–Kier alpha value is -2.10. The number of benzene rings is 1. The van der Waals surface area contributed by atoms with E-state index in [9.17, 15) is 4.79 Å². The number of rotatable bonds is 3. The van der Waals surface area contributed by atoms with Crippen LogP contribution in [-0.4, -0.2) is 30.6 Å². The smallest absolute Gasteiger partial charge is 0.341 e. The normalized spacial score (nSPS) is 16.9. The summed E-state index contributed by atoms with van der Waals surface area (Å²) in [5.74, 6) is -0.282. The van der Waals surface area contributed by atoms with Crippen molar-refractivity contribution in [3.8, 4) is 0 Å². The summed E-state index contributed by atoms with van der Waals surface area (Å²) in [7, 11) is 0. The molecule has 4 nitrogen and oxygen atoms in total.